The van der Waals surface area contributed by atoms with E-state index in [1.165, 1.54) is 5.56 Å². The Balaban J connectivity index is 0.000000446. The van der Waals surface area contributed by atoms with Crippen molar-refractivity contribution in [3.05, 3.63) is 75.4 Å². The van der Waals surface area contributed by atoms with E-state index in [-0.39, 0.29) is 5.56 Å². The lowest BCUT2D eigenvalue weighted by atomic mass is 9.85. The molecule has 0 spiro atoms. The molecular formula is C31H37N3O8. The molecule has 11 nitrogen and oxygen atoms in total. The first kappa shape index (κ1) is 30.6. The molecule has 3 aromatic rings. The molecule has 1 fully saturated rings. The quantitative estimate of drug-likeness (QED) is 0.363. The second-order valence-corrected chi connectivity index (χ2v) is 10.4. The molecule has 0 radical (unpaired) electrons. The Hall–Kier alpha value is -4.38. The van der Waals surface area contributed by atoms with Gasteiger partial charge in [0.1, 0.15) is 11.4 Å². The minimum Gasteiger partial charge on any atom is -0.496 e. The molecule has 0 saturated carbocycles. The molecule has 1 aromatic carbocycles. The van der Waals surface area contributed by atoms with E-state index in [9.17, 15) is 14.4 Å². The average molecular weight is 580 g/mol. The topological polar surface area (TPSA) is 140 Å². The van der Waals surface area contributed by atoms with Gasteiger partial charge in [0.25, 0.3) is 5.56 Å². The van der Waals surface area contributed by atoms with Crippen molar-refractivity contribution in [2.24, 2.45) is 5.92 Å². The van der Waals surface area contributed by atoms with Crippen LogP contribution in [0.2, 0.25) is 0 Å². The number of hydrogen-bond acceptors (Lipinski definition) is 8. The van der Waals surface area contributed by atoms with E-state index in [0.29, 0.717) is 42.7 Å². The van der Waals surface area contributed by atoms with Gasteiger partial charge in [-0.15, -0.1) is 0 Å². The van der Waals surface area contributed by atoms with Gasteiger partial charge in [0.15, 0.2) is 11.5 Å². The molecule has 0 aliphatic carbocycles. The third-order valence-corrected chi connectivity index (χ3v) is 7.69. The van der Waals surface area contributed by atoms with Crippen LogP contribution in [0.3, 0.4) is 0 Å². The number of aryl methyl sites for hydroxylation is 1. The van der Waals surface area contributed by atoms with Gasteiger partial charge in [0.05, 0.1) is 20.8 Å². The first-order valence-corrected chi connectivity index (χ1v) is 13.9. The highest BCUT2D eigenvalue weighted by molar-refractivity contribution is 5.89. The summed E-state index contributed by atoms with van der Waals surface area (Å²) in [5, 5.41) is 15.6. The van der Waals surface area contributed by atoms with Crippen molar-refractivity contribution in [3.8, 4) is 17.2 Å². The van der Waals surface area contributed by atoms with Crippen LogP contribution in [0.5, 0.6) is 17.2 Å². The normalized spacial score (nSPS) is 17.6. The Labute approximate surface area is 244 Å². The number of hydrogen-bond donors (Lipinski definition) is 2. The van der Waals surface area contributed by atoms with Crippen LogP contribution < -0.4 is 19.8 Å². The smallest absolute Gasteiger partial charge is 0.328 e. The fourth-order valence-corrected chi connectivity index (χ4v) is 5.77. The number of benzene rings is 1. The van der Waals surface area contributed by atoms with E-state index in [2.05, 4.69) is 22.9 Å². The Morgan fingerprint density at radius 1 is 1.10 bits per heavy atom. The highest BCUT2D eigenvalue weighted by Gasteiger charge is 2.41. The van der Waals surface area contributed by atoms with E-state index in [1.54, 1.807) is 24.8 Å². The number of carboxylic acid groups (broad SMARTS) is 2. The number of pyridine rings is 1. The molecule has 1 saturated heterocycles. The largest absolute Gasteiger partial charge is 0.496 e. The molecule has 2 aliphatic rings. The van der Waals surface area contributed by atoms with Gasteiger partial charge in [-0.2, -0.15) is 0 Å². The molecule has 2 atom stereocenters. The van der Waals surface area contributed by atoms with Crippen LogP contribution in [0.15, 0.2) is 47.4 Å². The summed E-state index contributed by atoms with van der Waals surface area (Å²) in [4.78, 5) is 39.3. The van der Waals surface area contributed by atoms with Gasteiger partial charge >= 0.3 is 11.9 Å². The van der Waals surface area contributed by atoms with E-state index >= 15 is 0 Å². The molecule has 11 heteroatoms. The second kappa shape index (κ2) is 13.5. The number of fused-ring (bicyclic) bond motifs is 4. The summed E-state index contributed by atoms with van der Waals surface area (Å²) >= 11 is 0. The van der Waals surface area contributed by atoms with Crippen molar-refractivity contribution in [2.45, 2.75) is 39.0 Å². The maximum absolute atomic E-state index is 13.1. The predicted octanol–water partition coefficient (Wildman–Crippen LogP) is 3.33. The standard InChI is InChI=1S/C27H33N3O4.C4H4O4/c1-5-8-20-23(32-3)13-21-22-15-29(14-18(22)16-34-26(21)25(20)33-4)12-10-19-17(2)28-24-9-6-7-11-30(24)27(19)31;5-3(6)1-2-4(7)8/h6-7,9,11,13,18,22H,5,8,10,12,14-16H2,1-4H3;1-2H,(H,5,6)(H,7,8)/b;2-1+/t18-,22-;/m0./s1. The van der Waals surface area contributed by atoms with Crippen LogP contribution in [0.25, 0.3) is 5.65 Å². The molecular weight excluding hydrogens is 542 g/mol. The Kier molecular flexibility index (Phi) is 9.84. The zero-order valence-corrected chi connectivity index (χ0v) is 24.3. The van der Waals surface area contributed by atoms with Gasteiger partial charge in [-0.1, -0.05) is 19.4 Å². The molecule has 2 aliphatic heterocycles. The maximum Gasteiger partial charge on any atom is 0.328 e. The average Bonchev–Trinajstić information content (AvgIpc) is 3.39. The monoisotopic (exact) mass is 579 g/mol. The third-order valence-electron chi connectivity index (χ3n) is 7.69. The maximum atomic E-state index is 13.1. The van der Waals surface area contributed by atoms with E-state index < -0.39 is 11.9 Å². The number of rotatable bonds is 9. The van der Waals surface area contributed by atoms with Crippen molar-refractivity contribution in [1.29, 1.82) is 0 Å². The summed E-state index contributed by atoms with van der Waals surface area (Å²) in [5.74, 6) is 0.836. The minimum absolute atomic E-state index is 0.0336. The van der Waals surface area contributed by atoms with Gasteiger partial charge in [-0.05, 0) is 38.0 Å². The van der Waals surface area contributed by atoms with Crippen LogP contribution in [0, 0.1) is 12.8 Å². The van der Waals surface area contributed by atoms with Crippen molar-refractivity contribution >= 4 is 17.6 Å². The molecule has 0 amide bonds. The number of aromatic nitrogens is 2. The number of ether oxygens (including phenoxy) is 3. The van der Waals surface area contributed by atoms with Crippen molar-refractivity contribution in [2.75, 3.05) is 40.5 Å². The van der Waals surface area contributed by atoms with Crippen molar-refractivity contribution in [3.63, 3.8) is 0 Å². The van der Waals surface area contributed by atoms with E-state index in [1.807, 2.05) is 25.1 Å². The number of nitrogens with zero attached hydrogens (tertiary/aromatic N) is 3. The highest BCUT2D eigenvalue weighted by atomic mass is 16.5. The zero-order chi connectivity index (χ0) is 30.4. The van der Waals surface area contributed by atoms with Crippen molar-refractivity contribution < 1.29 is 34.0 Å². The van der Waals surface area contributed by atoms with Gasteiger partial charge < -0.3 is 29.3 Å². The SMILES string of the molecule is CCCc1c(OC)cc2c(c1OC)OC[C@@H]1CN(CCc3c(C)nc4ccccn4c3=O)C[C@H]21.O=C(O)/C=C/C(=O)O. The summed E-state index contributed by atoms with van der Waals surface area (Å²) in [6.45, 7) is 7.48. The first-order valence-electron chi connectivity index (χ1n) is 13.9. The highest BCUT2D eigenvalue weighted by Crippen LogP contribution is 2.50. The van der Waals surface area contributed by atoms with Gasteiger partial charge in [0.2, 0.25) is 0 Å². The summed E-state index contributed by atoms with van der Waals surface area (Å²) < 4.78 is 19.5. The van der Waals surface area contributed by atoms with Gasteiger partial charge in [0, 0.05) is 72.2 Å². The fourth-order valence-electron chi connectivity index (χ4n) is 5.77. The molecule has 4 heterocycles. The minimum atomic E-state index is -1.26. The molecule has 42 heavy (non-hydrogen) atoms. The third kappa shape index (κ3) is 6.57. The van der Waals surface area contributed by atoms with Crippen LogP contribution in [-0.4, -0.2) is 76.9 Å². The first-order chi connectivity index (χ1) is 20.2. The van der Waals surface area contributed by atoms with Gasteiger partial charge in [-0.3, -0.25) is 9.20 Å². The van der Waals surface area contributed by atoms with E-state index in [0.717, 1.165) is 66.5 Å². The molecule has 2 aromatic heterocycles. The summed E-state index contributed by atoms with van der Waals surface area (Å²) in [6, 6.07) is 7.80. The second-order valence-electron chi connectivity index (χ2n) is 10.4. The number of likely N-dealkylation sites (tertiary alicyclic amines) is 1. The Morgan fingerprint density at radius 3 is 2.48 bits per heavy atom. The lowest BCUT2D eigenvalue weighted by molar-refractivity contribution is -0.134. The van der Waals surface area contributed by atoms with Crippen LogP contribution in [-0.2, 0) is 22.4 Å². The number of carbonyl (C=O) groups is 2. The van der Waals surface area contributed by atoms with Crippen LogP contribution in [0.1, 0.15) is 41.6 Å². The van der Waals surface area contributed by atoms with E-state index in [4.69, 9.17) is 24.4 Å². The lowest BCUT2D eigenvalue weighted by Gasteiger charge is -2.30. The molecule has 224 valence electrons. The zero-order valence-electron chi connectivity index (χ0n) is 24.3. The summed E-state index contributed by atoms with van der Waals surface area (Å²) in [6.07, 6.45) is 5.49. The summed E-state index contributed by atoms with van der Waals surface area (Å²) in [5.41, 5.74) is 4.60. The molecule has 5 rings (SSSR count). The molecule has 2 N–H and O–H groups in total. The van der Waals surface area contributed by atoms with Crippen LogP contribution in [0.4, 0.5) is 0 Å². The van der Waals surface area contributed by atoms with Crippen LogP contribution >= 0.6 is 0 Å². The number of aliphatic carboxylic acids is 2. The fraction of sp³-hybridized carbons (Fsp3) is 0.419. The number of carboxylic acids is 2. The number of methoxy groups -OCH3 is 2. The van der Waals surface area contributed by atoms with Crippen molar-refractivity contribution in [1.82, 2.24) is 14.3 Å². The molecule has 0 bridgehead atoms. The molecule has 0 unspecified atom stereocenters. The lowest BCUT2D eigenvalue weighted by Crippen LogP contribution is -2.28. The Morgan fingerprint density at radius 2 is 1.83 bits per heavy atom. The summed E-state index contributed by atoms with van der Waals surface area (Å²) in [7, 11) is 3.43. The Bertz CT molecular complexity index is 1530. The van der Waals surface area contributed by atoms with Gasteiger partial charge in [-0.25, -0.2) is 14.6 Å². The predicted molar refractivity (Wildman–Crippen MR) is 156 cm³/mol.